The number of amides is 4. The Morgan fingerprint density at radius 2 is 1.33 bits per heavy atom. The van der Waals surface area contributed by atoms with Gasteiger partial charge in [-0.25, -0.2) is 9.18 Å². The van der Waals surface area contributed by atoms with Crippen molar-refractivity contribution >= 4 is 23.5 Å². The lowest BCUT2D eigenvalue weighted by molar-refractivity contribution is -0.143. The smallest absolute Gasteiger partial charge is 0.353 e. The van der Waals surface area contributed by atoms with Crippen LogP contribution < -0.4 is 10.2 Å². The Balaban J connectivity index is 1.34. The third-order valence-electron chi connectivity index (χ3n) is 9.32. The Morgan fingerprint density at radius 1 is 0.783 bits per heavy atom. The van der Waals surface area contributed by atoms with E-state index >= 15 is 0 Å². The highest BCUT2D eigenvalue weighted by Gasteiger charge is 2.44. The second kappa shape index (κ2) is 12.7. The van der Waals surface area contributed by atoms with E-state index in [1.165, 1.54) is 36.2 Å². The number of halogens is 7. The van der Waals surface area contributed by atoms with Gasteiger partial charge in [-0.15, -0.1) is 0 Å². The van der Waals surface area contributed by atoms with Gasteiger partial charge in [-0.2, -0.15) is 26.3 Å². The molecular formula is C32H35F7N4O3. The Labute approximate surface area is 261 Å². The third kappa shape index (κ3) is 7.41. The van der Waals surface area contributed by atoms with E-state index in [1.54, 1.807) is 4.90 Å². The molecule has 0 unspecified atom stereocenters. The number of carbonyl (C=O) groups excluding carboxylic acids is 3. The highest BCUT2D eigenvalue weighted by atomic mass is 19.4. The molecule has 2 aliphatic carbocycles. The van der Waals surface area contributed by atoms with Crippen LogP contribution in [-0.2, 0) is 21.9 Å². The molecule has 1 N–H and O–H groups in total. The molecule has 0 radical (unpaired) electrons. The predicted molar refractivity (Wildman–Crippen MR) is 154 cm³/mol. The maximum absolute atomic E-state index is 13.8. The van der Waals surface area contributed by atoms with Crippen LogP contribution in [0.4, 0.5) is 41.2 Å². The second-order valence-corrected chi connectivity index (χ2v) is 12.5. The van der Waals surface area contributed by atoms with E-state index < -0.39 is 53.0 Å². The Kier molecular flexibility index (Phi) is 9.29. The molecule has 3 fully saturated rings. The van der Waals surface area contributed by atoms with Gasteiger partial charge in [-0.3, -0.25) is 14.5 Å². The molecule has 14 heteroatoms. The van der Waals surface area contributed by atoms with Gasteiger partial charge in [0.25, 0.3) is 0 Å². The second-order valence-electron chi connectivity index (χ2n) is 12.5. The number of carbonyl (C=O) groups is 3. The van der Waals surface area contributed by atoms with Crippen LogP contribution in [0.5, 0.6) is 0 Å². The minimum atomic E-state index is -5.09. The summed E-state index contributed by atoms with van der Waals surface area (Å²) in [6.45, 7) is 0.238. The first-order valence-electron chi connectivity index (χ1n) is 15.2. The molecular weight excluding hydrogens is 621 g/mol. The molecule has 1 aliphatic heterocycles. The fraction of sp³-hybridized carbons (Fsp3) is 0.531. The SMILES string of the molecule is CN(C(=O)N(C)[C@@H]1CN(C(=O)C2CCC(NC(=O)C3CC3)CC2)C[C@H]1c1ccc(F)cc1)c1cc(C(F)(F)F)cc(C(F)(F)F)c1. The summed E-state index contributed by atoms with van der Waals surface area (Å²) in [4.78, 5) is 43.0. The monoisotopic (exact) mass is 656 g/mol. The molecule has 3 aliphatic rings. The first-order chi connectivity index (χ1) is 21.5. The maximum Gasteiger partial charge on any atom is 0.416 e. The molecule has 2 atom stereocenters. The zero-order valence-corrected chi connectivity index (χ0v) is 25.3. The van der Waals surface area contributed by atoms with Crippen molar-refractivity contribution in [1.82, 2.24) is 15.1 Å². The molecule has 1 heterocycles. The van der Waals surface area contributed by atoms with Gasteiger partial charge in [0, 0.05) is 56.7 Å². The molecule has 7 nitrogen and oxygen atoms in total. The van der Waals surface area contributed by atoms with Gasteiger partial charge in [0.1, 0.15) is 5.82 Å². The van der Waals surface area contributed by atoms with Crippen molar-refractivity contribution in [2.45, 2.75) is 68.9 Å². The molecule has 1 saturated heterocycles. The number of likely N-dealkylation sites (N-methyl/N-ethyl adjacent to an activating group) is 1. The fourth-order valence-electron chi connectivity index (χ4n) is 6.43. The number of likely N-dealkylation sites (tertiary alicyclic amines) is 1. The summed E-state index contributed by atoms with van der Waals surface area (Å²) in [7, 11) is 2.46. The van der Waals surface area contributed by atoms with Crippen LogP contribution in [0.15, 0.2) is 42.5 Å². The van der Waals surface area contributed by atoms with E-state index in [4.69, 9.17) is 0 Å². The number of hydrogen-bond donors (Lipinski definition) is 1. The largest absolute Gasteiger partial charge is 0.416 e. The van der Waals surface area contributed by atoms with Gasteiger partial charge in [0.2, 0.25) is 11.8 Å². The first-order valence-corrected chi connectivity index (χ1v) is 15.2. The fourth-order valence-corrected chi connectivity index (χ4v) is 6.43. The highest BCUT2D eigenvalue weighted by Crippen LogP contribution is 2.39. The predicted octanol–water partition coefficient (Wildman–Crippen LogP) is 6.43. The average molecular weight is 657 g/mol. The molecule has 0 bridgehead atoms. The molecule has 2 saturated carbocycles. The zero-order valence-electron chi connectivity index (χ0n) is 25.3. The van der Waals surface area contributed by atoms with Crippen LogP contribution in [-0.4, -0.2) is 66.9 Å². The number of alkyl halides is 6. The number of nitrogens with zero attached hydrogens (tertiary/aromatic N) is 3. The Hall–Kier alpha value is -3.84. The van der Waals surface area contributed by atoms with Crippen molar-refractivity contribution in [1.29, 1.82) is 0 Å². The number of benzene rings is 2. The summed E-state index contributed by atoms with van der Waals surface area (Å²) in [6.07, 6.45) is -5.97. The molecule has 2 aromatic rings. The molecule has 5 rings (SSSR count). The summed E-state index contributed by atoms with van der Waals surface area (Å²) in [5, 5.41) is 3.06. The topological polar surface area (TPSA) is 73.0 Å². The number of anilines is 1. The lowest BCUT2D eigenvalue weighted by atomic mass is 9.85. The van der Waals surface area contributed by atoms with E-state index in [0.717, 1.165) is 19.9 Å². The van der Waals surface area contributed by atoms with Gasteiger partial charge in [-0.05, 0) is 74.4 Å². The summed E-state index contributed by atoms with van der Waals surface area (Å²) in [5.74, 6) is -1.31. The Bertz CT molecular complexity index is 1420. The lowest BCUT2D eigenvalue weighted by Crippen LogP contribution is -2.48. The van der Waals surface area contributed by atoms with Crippen LogP contribution >= 0.6 is 0 Å². The van der Waals surface area contributed by atoms with Gasteiger partial charge in [-0.1, -0.05) is 12.1 Å². The molecule has 46 heavy (non-hydrogen) atoms. The zero-order chi connectivity index (χ0) is 33.6. The standard InChI is InChI=1S/C32H35F7N4O3/c1-41(25-14-21(31(34,35)36)13-22(15-25)32(37,38)39)30(46)42(2)27-17-43(16-26(27)18-5-9-23(33)10-6-18)29(45)20-7-11-24(12-8-20)40-28(44)19-3-4-19/h5-6,9-10,13-15,19-20,24,26-27H,3-4,7-8,11-12,16-17H2,1-2H3,(H,40,44)/t20?,24?,26-,27+/m0/s1. The van der Waals surface area contributed by atoms with Crippen LogP contribution in [0.25, 0.3) is 0 Å². The summed E-state index contributed by atoms with van der Waals surface area (Å²) < 4.78 is 94.7. The van der Waals surface area contributed by atoms with Gasteiger partial charge in [0.05, 0.1) is 17.2 Å². The van der Waals surface area contributed by atoms with Crippen molar-refractivity contribution in [3.05, 3.63) is 65.0 Å². The minimum Gasteiger partial charge on any atom is -0.353 e. The molecule has 4 amide bonds. The summed E-state index contributed by atoms with van der Waals surface area (Å²) >= 11 is 0. The number of urea groups is 1. The highest BCUT2D eigenvalue weighted by molar-refractivity contribution is 5.92. The Morgan fingerprint density at radius 3 is 1.85 bits per heavy atom. The quantitative estimate of drug-likeness (QED) is 0.365. The van der Waals surface area contributed by atoms with E-state index in [1.807, 2.05) is 0 Å². The van der Waals surface area contributed by atoms with Crippen molar-refractivity contribution in [3.63, 3.8) is 0 Å². The first kappa shape index (κ1) is 33.5. The minimum absolute atomic E-state index is 0.00319. The molecule has 0 aromatic heterocycles. The van der Waals surface area contributed by atoms with Gasteiger partial charge in [0.15, 0.2) is 0 Å². The number of hydrogen-bond acceptors (Lipinski definition) is 3. The van der Waals surface area contributed by atoms with Gasteiger partial charge >= 0.3 is 18.4 Å². The number of nitrogens with one attached hydrogen (secondary N) is 1. The molecule has 250 valence electrons. The van der Waals surface area contributed by atoms with E-state index in [0.29, 0.717) is 48.3 Å². The average Bonchev–Trinajstić information content (AvgIpc) is 3.78. The van der Waals surface area contributed by atoms with Crippen LogP contribution in [0.3, 0.4) is 0 Å². The number of rotatable bonds is 6. The normalized spacial score (nSPS) is 23.6. The van der Waals surface area contributed by atoms with Crippen LogP contribution in [0, 0.1) is 17.7 Å². The van der Waals surface area contributed by atoms with Gasteiger partial charge < -0.3 is 15.1 Å². The van der Waals surface area contributed by atoms with E-state index in [-0.39, 0.29) is 48.8 Å². The van der Waals surface area contributed by atoms with Crippen molar-refractivity contribution in [2.75, 3.05) is 32.1 Å². The van der Waals surface area contributed by atoms with Crippen molar-refractivity contribution in [2.24, 2.45) is 11.8 Å². The summed E-state index contributed by atoms with van der Waals surface area (Å²) in [6, 6.07) is 4.88. The van der Waals surface area contributed by atoms with Crippen LogP contribution in [0.1, 0.15) is 61.1 Å². The van der Waals surface area contributed by atoms with E-state index in [2.05, 4.69) is 5.32 Å². The van der Waals surface area contributed by atoms with Crippen LogP contribution in [0.2, 0.25) is 0 Å². The summed E-state index contributed by atoms with van der Waals surface area (Å²) in [5.41, 5.74) is -3.09. The maximum atomic E-state index is 13.8. The third-order valence-corrected chi connectivity index (χ3v) is 9.32. The van der Waals surface area contributed by atoms with Crippen molar-refractivity contribution < 1.29 is 45.1 Å². The van der Waals surface area contributed by atoms with Crippen molar-refractivity contribution in [3.8, 4) is 0 Å². The lowest BCUT2D eigenvalue weighted by Gasteiger charge is -2.33. The molecule has 0 spiro atoms. The van der Waals surface area contributed by atoms with E-state index in [9.17, 15) is 45.1 Å². The molecule has 2 aromatic carbocycles.